The predicted octanol–water partition coefficient (Wildman–Crippen LogP) is 3.80. The average Bonchev–Trinajstić information content (AvgIpc) is 2.51. The maximum Gasteiger partial charge on any atom is 0.303 e. The van der Waals surface area contributed by atoms with Gasteiger partial charge in [0.15, 0.2) is 2.14 Å². The predicted molar refractivity (Wildman–Crippen MR) is 67.0 cm³/mol. The Bertz CT molecular complexity index is 245. The van der Waals surface area contributed by atoms with E-state index in [4.69, 9.17) is 4.74 Å². The second kappa shape index (κ2) is 4.06. The molecule has 5 heteroatoms. The van der Waals surface area contributed by atoms with Crippen molar-refractivity contribution < 1.29 is 9.53 Å². The van der Waals surface area contributed by atoms with Crippen LogP contribution in [0, 0.1) is 11.3 Å². The van der Waals surface area contributed by atoms with E-state index in [9.17, 15) is 4.79 Å². The van der Waals surface area contributed by atoms with Crippen LogP contribution in [0.4, 0.5) is 0 Å². The van der Waals surface area contributed by atoms with E-state index in [2.05, 4.69) is 61.6 Å². The van der Waals surface area contributed by atoms with Crippen LogP contribution < -0.4 is 0 Å². The van der Waals surface area contributed by atoms with Gasteiger partial charge in [-0.25, -0.2) is 0 Å². The Hall–Kier alpha value is 0.910. The maximum absolute atomic E-state index is 11.0. The fourth-order valence-electron chi connectivity index (χ4n) is 1.58. The molecule has 0 aromatic rings. The van der Waals surface area contributed by atoms with Crippen molar-refractivity contribution in [2.45, 2.75) is 35.4 Å². The molecule has 1 saturated carbocycles. The smallest absolute Gasteiger partial charge is 0.303 e. The van der Waals surface area contributed by atoms with Gasteiger partial charge in [-0.15, -0.1) is 0 Å². The van der Waals surface area contributed by atoms with Gasteiger partial charge >= 0.3 is 5.97 Å². The molecule has 0 spiro atoms. The van der Waals surface area contributed by atoms with Gasteiger partial charge < -0.3 is 4.74 Å². The van der Waals surface area contributed by atoms with E-state index in [0.717, 1.165) is 6.42 Å². The fraction of sp³-hybridized carbons (Fsp3) is 0.889. The van der Waals surface area contributed by atoms with Crippen molar-refractivity contribution in [1.82, 2.24) is 0 Å². The average molecular weight is 393 g/mol. The zero-order chi connectivity index (χ0) is 11.1. The summed E-state index contributed by atoms with van der Waals surface area (Å²) in [5, 5.41) is 0. The molecule has 82 valence electrons. The first-order valence-corrected chi connectivity index (χ1v) is 6.76. The number of alkyl halides is 3. The van der Waals surface area contributed by atoms with E-state index in [1.807, 2.05) is 0 Å². The lowest BCUT2D eigenvalue weighted by Crippen LogP contribution is -2.32. The van der Waals surface area contributed by atoms with Crippen LogP contribution in [-0.4, -0.2) is 14.2 Å². The summed E-state index contributed by atoms with van der Waals surface area (Å²) in [7, 11) is 0. The molecule has 2 atom stereocenters. The molecule has 14 heavy (non-hydrogen) atoms. The number of carbonyl (C=O) groups is 1. The summed E-state index contributed by atoms with van der Waals surface area (Å²) in [6.07, 6.45) is 0.894. The van der Waals surface area contributed by atoms with E-state index in [1.54, 1.807) is 0 Å². The summed E-state index contributed by atoms with van der Waals surface area (Å²) < 4.78 is 4.78. The van der Waals surface area contributed by atoms with Gasteiger partial charge in [0, 0.05) is 12.8 Å². The van der Waals surface area contributed by atoms with Crippen LogP contribution in [0.2, 0.25) is 0 Å². The molecule has 0 radical (unpaired) electrons. The first-order chi connectivity index (χ1) is 6.14. The van der Waals surface area contributed by atoms with Crippen LogP contribution in [0.15, 0.2) is 0 Å². The third-order valence-corrected chi connectivity index (χ3v) is 3.92. The molecular weight excluding hydrogens is 380 g/mol. The van der Waals surface area contributed by atoms with E-state index in [1.165, 1.54) is 6.92 Å². The number of hydrogen-bond donors (Lipinski definition) is 0. The summed E-state index contributed by atoms with van der Waals surface area (Å²) in [5.74, 6) is 0.143. The normalized spacial score (nSPS) is 26.9. The molecule has 0 saturated heterocycles. The van der Waals surface area contributed by atoms with Crippen molar-refractivity contribution in [3.8, 4) is 0 Å². The SMILES string of the molecule is CC(=O)OC(C1CC1(C)C)C(Br)(Br)Br. The lowest BCUT2D eigenvalue weighted by Gasteiger charge is -2.26. The molecule has 1 aliphatic rings. The molecular formula is C9H13Br3O2. The van der Waals surface area contributed by atoms with Gasteiger partial charge in [-0.1, -0.05) is 61.6 Å². The first-order valence-electron chi connectivity index (χ1n) is 4.38. The van der Waals surface area contributed by atoms with Gasteiger partial charge in [-0.05, 0) is 11.8 Å². The van der Waals surface area contributed by atoms with E-state index in [-0.39, 0.29) is 17.5 Å². The number of rotatable bonds is 2. The van der Waals surface area contributed by atoms with Crippen molar-refractivity contribution in [3.05, 3.63) is 0 Å². The maximum atomic E-state index is 11.0. The van der Waals surface area contributed by atoms with Crippen molar-refractivity contribution in [1.29, 1.82) is 0 Å². The fourth-order valence-corrected chi connectivity index (χ4v) is 2.82. The summed E-state index contributed by atoms with van der Waals surface area (Å²) in [5.41, 5.74) is 0.265. The number of esters is 1. The highest BCUT2D eigenvalue weighted by molar-refractivity contribution is 9.39. The largest absolute Gasteiger partial charge is 0.459 e. The van der Waals surface area contributed by atoms with E-state index < -0.39 is 2.14 Å². The first kappa shape index (κ1) is 13.0. The Balaban J connectivity index is 2.70. The van der Waals surface area contributed by atoms with Crippen molar-refractivity contribution in [2.24, 2.45) is 11.3 Å². The molecule has 0 N–H and O–H groups in total. The highest BCUT2D eigenvalue weighted by atomic mass is 80.0. The zero-order valence-electron chi connectivity index (χ0n) is 8.31. The summed E-state index contributed by atoms with van der Waals surface area (Å²) in [6.45, 7) is 5.78. The summed E-state index contributed by atoms with van der Waals surface area (Å²) >= 11 is 10.3. The van der Waals surface area contributed by atoms with Gasteiger partial charge in [-0.3, -0.25) is 4.79 Å². The van der Waals surface area contributed by atoms with Crippen LogP contribution in [0.5, 0.6) is 0 Å². The van der Waals surface area contributed by atoms with E-state index in [0.29, 0.717) is 5.92 Å². The second-order valence-electron chi connectivity index (χ2n) is 4.37. The van der Waals surface area contributed by atoms with Crippen molar-refractivity contribution >= 4 is 53.8 Å². The van der Waals surface area contributed by atoms with Crippen LogP contribution >= 0.6 is 47.8 Å². The summed E-state index contributed by atoms with van der Waals surface area (Å²) in [6, 6.07) is 0. The number of carbonyl (C=O) groups excluding carboxylic acids is 1. The highest BCUT2D eigenvalue weighted by Gasteiger charge is 2.56. The minimum absolute atomic E-state index is 0.185. The molecule has 0 aliphatic heterocycles. The Morgan fingerprint density at radius 2 is 1.93 bits per heavy atom. The Morgan fingerprint density at radius 1 is 1.50 bits per heavy atom. The third-order valence-electron chi connectivity index (χ3n) is 2.57. The molecule has 0 aromatic carbocycles. The molecule has 1 rings (SSSR count). The Kier molecular flexibility index (Phi) is 3.76. The molecule has 2 unspecified atom stereocenters. The van der Waals surface area contributed by atoms with Crippen LogP contribution in [0.3, 0.4) is 0 Å². The zero-order valence-corrected chi connectivity index (χ0v) is 13.1. The lowest BCUT2D eigenvalue weighted by molar-refractivity contribution is -0.147. The monoisotopic (exact) mass is 390 g/mol. The van der Waals surface area contributed by atoms with Crippen LogP contribution in [0.25, 0.3) is 0 Å². The van der Waals surface area contributed by atoms with Crippen molar-refractivity contribution in [2.75, 3.05) is 0 Å². The Labute approximate surface area is 110 Å². The van der Waals surface area contributed by atoms with Gasteiger partial charge in [0.25, 0.3) is 0 Å². The molecule has 1 aliphatic carbocycles. The van der Waals surface area contributed by atoms with Crippen LogP contribution in [-0.2, 0) is 9.53 Å². The minimum Gasteiger partial charge on any atom is -0.459 e. The number of ether oxygens (including phenoxy) is 1. The molecule has 2 nitrogen and oxygen atoms in total. The van der Waals surface area contributed by atoms with Crippen molar-refractivity contribution in [3.63, 3.8) is 0 Å². The van der Waals surface area contributed by atoms with Gasteiger partial charge in [0.1, 0.15) is 6.10 Å². The van der Waals surface area contributed by atoms with Gasteiger partial charge in [-0.2, -0.15) is 0 Å². The lowest BCUT2D eigenvalue weighted by atomic mass is 10.1. The second-order valence-corrected chi connectivity index (χ2v) is 11.3. The van der Waals surface area contributed by atoms with E-state index >= 15 is 0 Å². The molecule has 0 amide bonds. The number of halogens is 3. The minimum atomic E-state index is -0.517. The third kappa shape index (κ3) is 3.20. The van der Waals surface area contributed by atoms with Gasteiger partial charge in [0.05, 0.1) is 0 Å². The Morgan fingerprint density at radius 3 is 2.14 bits per heavy atom. The molecule has 0 heterocycles. The number of hydrogen-bond acceptors (Lipinski definition) is 2. The molecule has 0 aromatic heterocycles. The highest BCUT2D eigenvalue weighted by Crippen LogP contribution is 2.59. The van der Waals surface area contributed by atoms with Gasteiger partial charge in [0.2, 0.25) is 0 Å². The van der Waals surface area contributed by atoms with Crippen LogP contribution in [0.1, 0.15) is 27.2 Å². The molecule has 1 fully saturated rings. The standard InChI is InChI=1S/C9H13Br3O2/c1-5(13)14-7(9(10,11)12)6-4-8(6,2)3/h6-7H,4H2,1-3H3. The topological polar surface area (TPSA) is 26.3 Å². The molecule has 0 bridgehead atoms. The summed E-state index contributed by atoms with van der Waals surface area (Å²) in [4.78, 5) is 11.0. The quantitative estimate of drug-likeness (QED) is 0.527.